The van der Waals surface area contributed by atoms with Crippen molar-refractivity contribution in [2.75, 3.05) is 20.2 Å². The van der Waals surface area contributed by atoms with E-state index < -0.39 is 7.82 Å². The highest BCUT2D eigenvalue weighted by Crippen LogP contribution is 2.37. The maximum Gasteiger partial charge on any atom is 0.469 e. The molecule has 0 saturated carbocycles. The zero-order valence-electron chi connectivity index (χ0n) is 9.71. The van der Waals surface area contributed by atoms with Crippen LogP contribution in [0.4, 0.5) is 0 Å². The van der Waals surface area contributed by atoms with E-state index in [1.807, 2.05) is 13.8 Å². The second-order valence-corrected chi connectivity index (χ2v) is 6.09. The molecule has 0 radical (unpaired) electrons. The van der Waals surface area contributed by atoms with Crippen molar-refractivity contribution in [1.29, 1.82) is 0 Å². The molecular weight excluding hydrogens is 251 g/mol. The zero-order valence-corrected chi connectivity index (χ0v) is 11.4. The van der Waals surface area contributed by atoms with E-state index in [0.29, 0.717) is 18.1 Å². The average Bonchev–Trinajstić information content (AvgIpc) is 1.99. The number of phosphoric acid groups is 1. The van der Waals surface area contributed by atoms with Gasteiger partial charge in [0.05, 0.1) is 6.61 Å². The van der Waals surface area contributed by atoms with Gasteiger partial charge in [-0.25, -0.2) is 4.57 Å². The molecule has 4 N–H and O–H groups in total. The standard InChI is InChI=1S/C8H19N2O4PS/c1-8(2,6-10(3)7(9)16)4-5-14-15(11,12)13/h4-6H2,1-3H3,(H2,9,16)(H2,11,12,13). The molecule has 0 unspecified atom stereocenters. The zero-order chi connectivity index (χ0) is 13.0. The fraction of sp³-hybridized carbons (Fsp3) is 0.875. The Bertz CT molecular complexity index is 292. The molecule has 0 saturated heterocycles. The lowest BCUT2D eigenvalue weighted by molar-refractivity contribution is 0.156. The van der Waals surface area contributed by atoms with Crippen LogP contribution in [0.5, 0.6) is 0 Å². The molecule has 0 aliphatic heterocycles. The van der Waals surface area contributed by atoms with Crippen molar-refractivity contribution in [2.45, 2.75) is 20.3 Å². The third-order valence-corrected chi connectivity index (χ3v) is 2.91. The number of nitrogens with two attached hydrogens (primary N) is 1. The van der Waals surface area contributed by atoms with Gasteiger partial charge in [-0.1, -0.05) is 13.8 Å². The summed E-state index contributed by atoms with van der Waals surface area (Å²) in [7, 11) is -2.60. The lowest BCUT2D eigenvalue weighted by Gasteiger charge is -2.30. The van der Waals surface area contributed by atoms with Crippen LogP contribution in [0, 0.1) is 5.41 Å². The number of hydrogen-bond acceptors (Lipinski definition) is 3. The highest BCUT2D eigenvalue weighted by Gasteiger charge is 2.23. The van der Waals surface area contributed by atoms with E-state index in [-0.39, 0.29) is 12.0 Å². The summed E-state index contributed by atoms with van der Waals surface area (Å²) in [4.78, 5) is 18.8. The quantitative estimate of drug-likeness (QED) is 0.482. The van der Waals surface area contributed by atoms with Crippen LogP contribution in [0.15, 0.2) is 0 Å². The van der Waals surface area contributed by atoms with Gasteiger partial charge in [-0.15, -0.1) is 0 Å². The van der Waals surface area contributed by atoms with Gasteiger partial charge in [-0.3, -0.25) is 4.52 Å². The number of rotatable bonds is 6. The maximum absolute atomic E-state index is 10.5. The molecule has 8 heteroatoms. The SMILES string of the molecule is CN(CC(C)(C)CCOP(=O)(O)O)C(N)=S. The molecule has 6 nitrogen and oxygen atoms in total. The first-order chi connectivity index (χ1) is 7.03. The Labute approximate surface area is 101 Å². The van der Waals surface area contributed by atoms with Crippen LogP contribution >= 0.6 is 20.0 Å². The summed E-state index contributed by atoms with van der Waals surface area (Å²) in [6.45, 7) is 4.50. The van der Waals surface area contributed by atoms with Crippen molar-refractivity contribution in [3.63, 3.8) is 0 Å². The Morgan fingerprint density at radius 3 is 2.44 bits per heavy atom. The average molecular weight is 270 g/mol. The fourth-order valence-corrected chi connectivity index (χ4v) is 1.63. The van der Waals surface area contributed by atoms with E-state index >= 15 is 0 Å². The topological polar surface area (TPSA) is 96.0 Å². The number of nitrogens with zero attached hydrogens (tertiary/aromatic N) is 1. The Hall–Kier alpha value is -0.200. The van der Waals surface area contributed by atoms with E-state index in [0.717, 1.165) is 0 Å². The van der Waals surface area contributed by atoms with Crippen LogP contribution in [-0.4, -0.2) is 40.0 Å². The Morgan fingerprint density at radius 1 is 1.56 bits per heavy atom. The van der Waals surface area contributed by atoms with Crippen LogP contribution in [0.3, 0.4) is 0 Å². The molecule has 96 valence electrons. The van der Waals surface area contributed by atoms with Crippen LogP contribution in [0.1, 0.15) is 20.3 Å². The molecule has 0 aliphatic rings. The first-order valence-electron chi connectivity index (χ1n) is 4.74. The van der Waals surface area contributed by atoms with E-state index in [9.17, 15) is 4.57 Å². The largest absolute Gasteiger partial charge is 0.469 e. The molecule has 0 aliphatic carbocycles. The van der Waals surface area contributed by atoms with Crippen molar-refractivity contribution >= 4 is 25.2 Å². The minimum atomic E-state index is -4.37. The number of hydrogen-bond donors (Lipinski definition) is 3. The van der Waals surface area contributed by atoms with Crippen LogP contribution in [0.25, 0.3) is 0 Å². The summed E-state index contributed by atoms with van der Waals surface area (Å²) in [5.41, 5.74) is 5.26. The maximum atomic E-state index is 10.5. The minimum absolute atomic E-state index is 0.00243. The lowest BCUT2D eigenvalue weighted by Crippen LogP contribution is -2.39. The lowest BCUT2D eigenvalue weighted by atomic mass is 9.89. The third kappa shape index (κ3) is 8.01. The smallest absolute Gasteiger partial charge is 0.376 e. The second-order valence-electron chi connectivity index (χ2n) is 4.43. The van der Waals surface area contributed by atoms with Gasteiger partial charge in [0, 0.05) is 13.6 Å². The normalized spacial score (nSPS) is 12.6. The molecule has 0 spiro atoms. The highest BCUT2D eigenvalue weighted by molar-refractivity contribution is 7.80. The van der Waals surface area contributed by atoms with Crippen molar-refractivity contribution < 1.29 is 18.9 Å². The minimum Gasteiger partial charge on any atom is -0.376 e. The molecule has 0 rings (SSSR count). The summed E-state index contributed by atoms with van der Waals surface area (Å²) >= 11 is 4.81. The number of thiocarbonyl (C=S) groups is 1. The monoisotopic (exact) mass is 270 g/mol. The van der Waals surface area contributed by atoms with Crippen molar-refractivity contribution in [3.05, 3.63) is 0 Å². The first kappa shape index (κ1) is 15.8. The van der Waals surface area contributed by atoms with Crippen LogP contribution < -0.4 is 5.73 Å². The molecule has 0 aromatic rings. The molecule has 0 bridgehead atoms. The summed E-state index contributed by atoms with van der Waals surface area (Å²) < 4.78 is 14.9. The summed E-state index contributed by atoms with van der Waals surface area (Å²) in [5.74, 6) is 0. The third-order valence-electron chi connectivity index (χ3n) is 2.08. The van der Waals surface area contributed by atoms with E-state index in [1.165, 1.54) is 0 Å². The van der Waals surface area contributed by atoms with Crippen molar-refractivity contribution in [3.8, 4) is 0 Å². The fourth-order valence-electron chi connectivity index (χ4n) is 1.24. The molecule has 16 heavy (non-hydrogen) atoms. The predicted octanol–water partition coefficient (Wildman–Crippen LogP) is 0.687. The highest BCUT2D eigenvalue weighted by atomic mass is 32.1. The van der Waals surface area contributed by atoms with Crippen LogP contribution in [0.2, 0.25) is 0 Å². The van der Waals surface area contributed by atoms with Gasteiger partial charge in [0.15, 0.2) is 5.11 Å². The van der Waals surface area contributed by atoms with Gasteiger partial charge in [-0.2, -0.15) is 0 Å². The molecule has 0 aromatic carbocycles. The van der Waals surface area contributed by atoms with Gasteiger partial charge in [0.1, 0.15) is 0 Å². The Kier molecular flexibility index (Phi) is 5.86. The molecule has 0 atom stereocenters. The van der Waals surface area contributed by atoms with Gasteiger partial charge in [-0.05, 0) is 24.1 Å². The van der Waals surface area contributed by atoms with Gasteiger partial charge in [0.2, 0.25) is 0 Å². The summed E-state index contributed by atoms with van der Waals surface area (Å²) in [5, 5.41) is 0.295. The Morgan fingerprint density at radius 2 is 2.06 bits per heavy atom. The van der Waals surface area contributed by atoms with Gasteiger partial charge >= 0.3 is 7.82 Å². The molecule has 0 aromatic heterocycles. The molecular formula is C8H19N2O4PS. The van der Waals surface area contributed by atoms with E-state index in [4.69, 9.17) is 27.7 Å². The number of phosphoric ester groups is 1. The van der Waals surface area contributed by atoms with E-state index in [2.05, 4.69) is 4.52 Å². The van der Waals surface area contributed by atoms with E-state index in [1.54, 1.807) is 11.9 Å². The second kappa shape index (κ2) is 5.93. The first-order valence-corrected chi connectivity index (χ1v) is 6.68. The Balaban J connectivity index is 4.05. The van der Waals surface area contributed by atoms with Gasteiger partial charge < -0.3 is 20.4 Å². The summed E-state index contributed by atoms with van der Waals surface area (Å²) in [6, 6.07) is 0. The summed E-state index contributed by atoms with van der Waals surface area (Å²) in [6.07, 6.45) is 0.505. The molecule has 0 heterocycles. The van der Waals surface area contributed by atoms with Gasteiger partial charge in [0.25, 0.3) is 0 Å². The van der Waals surface area contributed by atoms with Crippen LogP contribution in [-0.2, 0) is 9.09 Å². The van der Waals surface area contributed by atoms with Crippen molar-refractivity contribution in [2.24, 2.45) is 11.1 Å². The van der Waals surface area contributed by atoms with Crippen molar-refractivity contribution in [1.82, 2.24) is 4.90 Å². The predicted molar refractivity (Wildman–Crippen MR) is 65.8 cm³/mol. The molecule has 0 amide bonds. The molecule has 0 fully saturated rings.